The zero-order chi connectivity index (χ0) is 19.3. The van der Waals surface area contributed by atoms with Crippen molar-refractivity contribution in [1.29, 1.82) is 0 Å². The molecule has 3 N–H and O–H groups in total. The zero-order valence-electron chi connectivity index (χ0n) is 15.8. The maximum atomic E-state index is 12.0. The minimum absolute atomic E-state index is 0.0581. The second-order valence-corrected chi connectivity index (χ2v) is 7.87. The molecule has 0 aromatic carbocycles. The third-order valence-corrected chi connectivity index (χ3v) is 5.40. The summed E-state index contributed by atoms with van der Waals surface area (Å²) >= 11 is 0. The van der Waals surface area contributed by atoms with E-state index in [2.05, 4.69) is 15.4 Å². The molecular formula is C21H23N5O2. The highest BCUT2D eigenvalue weighted by Gasteiger charge is 2.30. The smallest absolute Gasteiger partial charge is 0.228 e. The van der Waals surface area contributed by atoms with E-state index in [1.165, 1.54) is 0 Å². The standard InChI is InChI=1S/C21H23N5O2/c1-12-6-18(19(11-23-12)28-17-8-15(22)9-17)14-4-5-26-16(7-14)10-20(25-26)24-21(27)13-2-3-13/h4-7,10-11,13,15,17H,2-3,8-9,22H2,1H3,(H,24,25,27)/t15-,17-. The van der Waals surface area contributed by atoms with Gasteiger partial charge in [-0.3, -0.25) is 9.78 Å². The van der Waals surface area contributed by atoms with Gasteiger partial charge in [0.05, 0.1) is 11.7 Å². The van der Waals surface area contributed by atoms with Crippen LogP contribution in [0.3, 0.4) is 0 Å². The number of amides is 1. The summed E-state index contributed by atoms with van der Waals surface area (Å²) < 4.78 is 7.91. The third-order valence-electron chi connectivity index (χ3n) is 5.40. The molecule has 0 bridgehead atoms. The Kier molecular flexibility index (Phi) is 4.05. The number of hydrogen-bond donors (Lipinski definition) is 2. The molecule has 144 valence electrons. The van der Waals surface area contributed by atoms with Gasteiger partial charge in [-0.1, -0.05) is 0 Å². The zero-order valence-corrected chi connectivity index (χ0v) is 15.8. The Morgan fingerprint density at radius 3 is 2.86 bits per heavy atom. The van der Waals surface area contributed by atoms with E-state index in [9.17, 15) is 4.79 Å². The second-order valence-electron chi connectivity index (χ2n) is 7.87. The predicted molar refractivity (Wildman–Crippen MR) is 106 cm³/mol. The minimum atomic E-state index is 0.0581. The van der Waals surface area contributed by atoms with Crippen LogP contribution >= 0.6 is 0 Å². The molecule has 0 atom stereocenters. The summed E-state index contributed by atoms with van der Waals surface area (Å²) in [6.45, 7) is 1.97. The molecule has 2 aliphatic carbocycles. The summed E-state index contributed by atoms with van der Waals surface area (Å²) in [4.78, 5) is 16.4. The first kappa shape index (κ1) is 17.2. The molecule has 2 fully saturated rings. The fourth-order valence-corrected chi connectivity index (χ4v) is 3.55. The number of aryl methyl sites for hydroxylation is 1. The Hall–Kier alpha value is -2.93. The van der Waals surface area contributed by atoms with Crippen LogP contribution in [0.5, 0.6) is 5.75 Å². The summed E-state index contributed by atoms with van der Waals surface area (Å²) in [6.07, 6.45) is 7.53. The van der Waals surface area contributed by atoms with Crippen molar-refractivity contribution in [1.82, 2.24) is 14.6 Å². The lowest BCUT2D eigenvalue weighted by Crippen LogP contribution is -2.43. The number of carbonyl (C=O) groups is 1. The van der Waals surface area contributed by atoms with Gasteiger partial charge in [0, 0.05) is 35.5 Å². The number of nitrogens with two attached hydrogens (primary N) is 1. The van der Waals surface area contributed by atoms with E-state index in [0.29, 0.717) is 5.82 Å². The molecule has 2 saturated carbocycles. The highest BCUT2D eigenvalue weighted by molar-refractivity contribution is 5.93. The summed E-state index contributed by atoms with van der Waals surface area (Å²) in [5.41, 5.74) is 9.75. The number of anilines is 1. The van der Waals surface area contributed by atoms with Gasteiger partial charge in [-0.05, 0) is 56.4 Å². The highest BCUT2D eigenvalue weighted by atomic mass is 16.5. The molecule has 3 aromatic rings. The van der Waals surface area contributed by atoms with Gasteiger partial charge in [0.2, 0.25) is 5.91 Å². The highest BCUT2D eigenvalue weighted by Crippen LogP contribution is 2.34. The van der Waals surface area contributed by atoms with Crippen molar-refractivity contribution >= 4 is 17.2 Å². The predicted octanol–water partition coefficient (Wildman–Crippen LogP) is 2.92. The first-order valence-corrected chi connectivity index (χ1v) is 9.75. The maximum Gasteiger partial charge on any atom is 0.228 e. The first-order chi connectivity index (χ1) is 13.5. The fraction of sp³-hybridized carbons (Fsp3) is 0.381. The van der Waals surface area contributed by atoms with Gasteiger partial charge in [-0.2, -0.15) is 5.10 Å². The van der Waals surface area contributed by atoms with Crippen LogP contribution in [0, 0.1) is 12.8 Å². The first-order valence-electron chi connectivity index (χ1n) is 9.75. The van der Waals surface area contributed by atoms with Gasteiger partial charge in [0.1, 0.15) is 11.9 Å². The van der Waals surface area contributed by atoms with Crippen molar-refractivity contribution in [2.45, 2.75) is 44.8 Å². The quantitative estimate of drug-likeness (QED) is 0.713. The van der Waals surface area contributed by atoms with Crippen LogP contribution in [0.4, 0.5) is 5.82 Å². The van der Waals surface area contributed by atoms with Crippen molar-refractivity contribution in [2.24, 2.45) is 11.7 Å². The Morgan fingerprint density at radius 2 is 2.11 bits per heavy atom. The molecule has 0 radical (unpaired) electrons. The molecule has 5 rings (SSSR count). The van der Waals surface area contributed by atoms with Gasteiger partial charge < -0.3 is 15.8 Å². The van der Waals surface area contributed by atoms with E-state index >= 15 is 0 Å². The van der Waals surface area contributed by atoms with E-state index in [4.69, 9.17) is 10.5 Å². The van der Waals surface area contributed by atoms with Crippen molar-refractivity contribution in [3.63, 3.8) is 0 Å². The molecule has 0 aliphatic heterocycles. The van der Waals surface area contributed by atoms with Crippen LogP contribution in [-0.4, -0.2) is 32.7 Å². The SMILES string of the molecule is Cc1cc(-c2ccn3nc(NC(=O)C4CC4)cc3c2)c(O[C@H]2C[C@H](N)C2)cn1. The molecule has 0 saturated heterocycles. The lowest BCUT2D eigenvalue weighted by Gasteiger charge is -2.33. The topological polar surface area (TPSA) is 94.5 Å². The van der Waals surface area contributed by atoms with E-state index in [0.717, 1.165) is 53.8 Å². The molecule has 3 heterocycles. The molecular weight excluding hydrogens is 354 g/mol. The monoisotopic (exact) mass is 377 g/mol. The van der Waals surface area contributed by atoms with E-state index < -0.39 is 0 Å². The average Bonchev–Trinajstić information content (AvgIpc) is 3.42. The van der Waals surface area contributed by atoms with Crippen LogP contribution in [0.1, 0.15) is 31.4 Å². The Labute approximate surface area is 162 Å². The van der Waals surface area contributed by atoms with Crippen LogP contribution in [0.2, 0.25) is 0 Å². The molecule has 0 unspecified atom stereocenters. The number of aromatic nitrogens is 3. The second kappa shape index (κ2) is 6.60. The van der Waals surface area contributed by atoms with Crippen LogP contribution in [0.25, 0.3) is 16.6 Å². The Bertz CT molecular complexity index is 1050. The maximum absolute atomic E-state index is 12.0. The Balaban J connectivity index is 1.45. The molecule has 1 amide bonds. The van der Waals surface area contributed by atoms with Crippen LogP contribution < -0.4 is 15.8 Å². The van der Waals surface area contributed by atoms with Gasteiger partial charge in [0.15, 0.2) is 5.82 Å². The van der Waals surface area contributed by atoms with Crippen LogP contribution in [-0.2, 0) is 4.79 Å². The number of hydrogen-bond acceptors (Lipinski definition) is 5. The molecule has 2 aliphatic rings. The number of nitrogens with zero attached hydrogens (tertiary/aromatic N) is 3. The average molecular weight is 377 g/mol. The summed E-state index contributed by atoms with van der Waals surface area (Å²) in [6, 6.07) is 8.21. The number of nitrogens with one attached hydrogen (secondary N) is 1. The summed E-state index contributed by atoms with van der Waals surface area (Å²) in [5, 5.41) is 7.35. The van der Waals surface area contributed by atoms with Crippen molar-refractivity contribution in [3.05, 3.63) is 42.4 Å². The third kappa shape index (κ3) is 3.33. The lowest BCUT2D eigenvalue weighted by molar-refractivity contribution is -0.117. The van der Waals surface area contributed by atoms with E-state index in [1.54, 1.807) is 10.7 Å². The van der Waals surface area contributed by atoms with Gasteiger partial charge >= 0.3 is 0 Å². The van der Waals surface area contributed by atoms with Crippen LogP contribution in [0.15, 0.2) is 36.7 Å². The van der Waals surface area contributed by atoms with Crippen molar-refractivity contribution < 1.29 is 9.53 Å². The van der Waals surface area contributed by atoms with Crippen molar-refractivity contribution in [2.75, 3.05) is 5.32 Å². The minimum Gasteiger partial charge on any atom is -0.488 e. The normalized spacial score (nSPS) is 21.4. The molecule has 28 heavy (non-hydrogen) atoms. The number of carbonyl (C=O) groups excluding carboxylic acids is 1. The number of rotatable bonds is 5. The number of fused-ring (bicyclic) bond motifs is 1. The van der Waals surface area contributed by atoms with Crippen molar-refractivity contribution in [3.8, 4) is 16.9 Å². The fourth-order valence-electron chi connectivity index (χ4n) is 3.55. The Morgan fingerprint density at radius 1 is 1.29 bits per heavy atom. The molecule has 0 spiro atoms. The molecule has 7 nitrogen and oxygen atoms in total. The number of pyridine rings is 2. The van der Waals surface area contributed by atoms with E-state index in [1.807, 2.05) is 37.4 Å². The van der Waals surface area contributed by atoms with Gasteiger partial charge in [-0.15, -0.1) is 0 Å². The van der Waals surface area contributed by atoms with Gasteiger partial charge in [-0.25, -0.2) is 4.52 Å². The number of ether oxygens (including phenoxy) is 1. The summed E-state index contributed by atoms with van der Waals surface area (Å²) in [7, 11) is 0. The molecule has 7 heteroatoms. The molecule has 3 aromatic heterocycles. The van der Waals surface area contributed by atoms with Gasteiger partial charge in [0.25, 0.3) is 0 Å². The summed E-state index contributed by atoms with van der Waals surface area (Å²) in [5.74, 6) is 1.57. The largest absolute Gasteiger partial charge is 0.488 e. The lowest BCUT2D eigenvalue weighted by atomic mass is 9.90. The van der Waals surface area contributed by atoms with E-state index in [-0.39, 0.29) is 24.0 Å².